The Bertz CT molecular complexity index is 689. The Hall–Kier alpha value is -1.67. The molecule has 2 unspecified atom stereocenters. The zero-order chi connectivity index (χ0) is 21.6. The number of nitrogens with zero attached hydrogens (tertiary/aromatic N) is 1. The molecule has 8 nitrogen and oxygen atoms in total. The van der Waals surface area contributed by atoms with Gasteiger partial charge in [-0.05, 0) is 53.4 Å². The lowest BCUT2D eigenvalue weighted by Gasteiger charge is -2.35. The molecule has 2 amide bonds. The second-order valence-electron chi connectivity index (χ2n) is 9.43. The first kappa shape index (κ1) is 22.0. The van der Waals surface area contributed by atoms with Crippen LogP contribution in [0, 0.1) is 11.8 Å². The maximum atomic E-state index is 13.5. The van der Waals surface area contributed by atoms with E-state index in [2.05, 4.69) is 5.32 Å². The molecule has 0 aromatic carbocycles. The van der Waals surface area contributed by atoms with E-state index >= 15 is 0 Å². The van der Waals surface area contributed by atoms with Gasteiger partial charge in [-0.1, -0.05) is 6.92 Å². The second kappa shape index (κ2) is 7.54. The molecule has 164 valence electrons. The molecule has 0 aromatic rings. The summed E-state index contributed by atoms with van der Waals surface area (Å²) in [4.78, 5) is 41.3. The highest BCUT2D eigenvalue weighted by molar-refractivity contribution is 5.98. The largest absolute Gasteiger partial charge is 0.466 e. The number of hydrogen-bond acceptors (Lipinski definition) is 6. The number of aliphatic hydroxyl groups is 1. The molecule has 8 heteroatoms. The number of esters is 1. The van der Waals surface area contributed by atoms with Gasteiger partial charge in [0, 0.05) is 18.7 Å². The third-order valence-electron chi connectivity index (χ3n) is 6.53. The lowest BCUT2D eigenvalue weighted by molar-refractivity contribution is -0.160. The molecule has 29 heavy (non-hydrogen) atoms. The summed E-state index contributed by atoms with van der Waals surface area (Å²) in [5.74, 6) is -2.39. The summed E-state index contributed by atoms with van der Waals surface area (Å²) >= 11 is 0. The first-order valence-corrected chi connectivity index (χ1v) is 10.7. The van der Waals surface area contributed by atoms with Gasteiger partial charge < -0.3 is 24.8 Å². The van der Waals surface area contributed by atoms with E-state index in [4.69, 9.17) is 9.47 Å². The van der Waals surface area contributed by atoms with Crippen LogP contribution >= 0.6 is 0 Å². The van der Waals surface area contributed by atoms with E-state index in [0.717, 1.165) is 0 Å². The Balaban J connectivity index is 2.05. The van der Waals surface area contributed by atoms with Crippen LogP contribution in [0.1, 0.15) is 60.3 Å². The molecular weight excluding hydrogens is 376 g/mol. The quantitative estimate of drug-likeness (QED) is 0.607. The number of rotatable bonds is 7. The normalized spacial score (nSPS) is 35.7. The number of fused-ring (bicyclic) bond motifs is 1. The van der Waals surface area contributed by atoms with Crippen molar-refractivity contribution >= 4 is 17.8 Å². The summed E-state index contributed by atoms with van der Waals surface area (Å²) in [6.07, 6.45) is 2.10. The molecule has 3 fully saturated rings. The molecule has 5 atom stereocenters. The SMILES string of the molecule is CCOC(=O)[C@@H]1[C@H]2C(=O)N(CCCO)C(C(=O)NC(C)(C)C)C23CC[C@@]1(CC)O3. The van der Waals surface area contributed by atoms with Crippen molar-refractivity contribution in [2.75, 3.05) is 19.8 Å². The van der Waals surface area contributed by atoms with Crippen molar-refractivity contribution in [1.29, 1.82) is 0 Å². The Labute approximate surface area is 172 Å². The molecule has 0 saturated carbocycles. The minimum atomic E-state index is -1.03. The van der Waals surface area contributed by atoms with Crippen LogP contribution in [0.15, 0.2) is 0 Å². The van der Waals surface area contributed by atoms with Crippen molar-refractivity contribution in [3.63, 3.8) is 0 Å². The van der Waals surface area contributed by atoms with Crippen molar-refractivity contribution in [2.24, 2.45) is 11.8 Å². The molecule has 3 aliphatic heterocycles. The topological polar surface area (TPSA) is 105 Å². The summed E-state index contributed by atoms with van der Waals surface area (Å²) in [5, 5.41) is 12.3. The summed E-state index contributed by atoms with van der Waals surface area (Å²) in [5.41, 5.74) is -2.28. The fourth-order valence-electron chi connectivity index (χ4n) is 5.53. The van der Waals surface area contributed by atoms with E-state index in [1.54, 1.807) is 6.92 Å². The summed E-state index contributed by atoms with van der Waals surface area (Å²) in [6, 6.07) is -0.821. The number of carbonyl (C=O) groups is 3. The van der Waals surface area contributed by atoms with Gasteiger partial charge in [0.1, 0.15) is 17.6 Å². The highest BCUT2D eigenvalue weighted by Gasteiger charge is 2.79. The maximum absolute atomic E-state index is 13.5. The first-order chi connectivity index (χ1) is 13.6. The molecule has 3 aliphatic rings. The van der Waals surface area contributed by atoms with Gasteiger partial charge in [-0.2, -0.15) is 0 Å². The van der Waals surface area contributed by atoms with Crippen LogP contribution in [0.25, 0.3) is 0 Å². The van der Waals surface area contributed by atoms with E-state index in [0.29, 0.717) is 25.7 Å². The summed E-state index contributed by atoms with van der Waals surface area (Å²) < 4.78 is 11.9. The Kier molecular flexibility index (Phi) is 5.73. The van der Waals surface area contributed by atoms with Crippen LogP contribution in [0.4, 0.5) is 0 Å². The average Bonchev–Trinajstić information content (AvgIpc) is 3.22. The number of amides is 2. The van der Waals surface area contributed by atoms with Crippen molar-refractivity contribution < 1.29 is 29.0 Å². The van der Waals surface area contributed by atoms with Gasteiger partial charge in [-0.3, -0.25) is 14.4 Å². The van der Waals surface area contributed by atoms with Crippen molar-refractivity contribution in [3.8, 4) is 0 Å². The number of hydrogen-bond donors (Lipinski definition) is 2. The lowest BCUT2D eigenvalue weighted by Crippen LogP contribution is -2.58. The van der Waals surface area contributed by atoms with Gasteiger partial charge in [0.15, 0.2) is 0 Å². The van der Waals surface area contributed by atoms with Crippen LogP contribution in [0.2, 0.25) is 0 Å². The van der Waals surface area contributed by atoms with E-state index < -0.39 is 40.6 Å². The van der Waals surface area contributed by atoms with Crippen LogP contribution in [-0.4, -0.2) is 70.3 Å². The van der Waals surface area contributed by atoms with Crippen LogP contribution in [-0.2, 0) is 23.9 Å². The van der Waals surface area contributed by atoms with E-state index in [1.165, 1.54) is 4.90 Å². The molecule has 3 rings (SSSR count). The highest BCUT2D eigenvalue weighted by Crippen LogP contribution is 2.64. The Morgan fingerprint density at radius 1 is 1.31 bits per heavy atom. The first-order valence-electron chi connectivity index (χ1n) is 10.7. The molecule has 3 heterocycles. The van der Waals surface area contributed by atoms with E-state index in [9.17, 15) is 19.5 Å². The molecule has 2 bridgehead atoms. The Morgan fingerprint density at radius 2 is 2.00 bits per heavy atom. The molecule has 0 aromatic heterocycles. The zero-order valence-corrected chi connectivity index (χ0v) is 18.1. The van der Waals surface area contributed by atoms with Gasteiger partial charge >= 0.3 is 5.97 Å². The predicted octanol–water partition coefficient (Wildman–Crippen LogP) is 1.00. The number of nitrogens with one attached hydrogen (secondary N) is 1. The summed E-state index contributed by atoms with van der Waals surface area (Å²) in [6.45, 7) is 9.73. The van der Waals surface area contributed by atoms with Crippen molar-refractivity contribution in [2.45, 2.75) is 83.1 Å². The van der Waals surface area contributed by atoms with Gasteiger partial charge in [-0.25, -0.2) is 0 Å². The molecule has 2 N–H and O–H groups in total. The standard InChI is InChI=1S/C21H34N2O6/c1-6-20-9-10-21(29-20)13(14(20)18(27)28-7-2)17(26)23(11-8-12-24)15(21)16(25)22-19(3,4)5/h13-15,24H,6-12H2,1-5H3,(H,22,25)/t13-,14-,15?,20+,21?/m0/s1. The van der Waals surface area contributed by atoms with Gasteiger partial charge in [0.05, 0.1) is 18.1 Å². The number of carbonyl (C=O) groups excluding carboxylic acids is 3. The van der Waals surface area contributed by atoms with Crippen LogP contribution < -0.4 is 5.32 Å². The second-order valence-corrected chi connectivity index (χ2v) is 9.43. The highest BCUT2D eigenvalue weighted by atomic mass is 16.6. The third-order valence-corrected chi connectivity index (χ3v) is 6.53. The molecule has 3 saturated heterocycles. The number of likely N-dealkylation sites (tertiary alicyclic amines) is 1. The lowest BCUT2D eigenvalue weighted by atomic mass is 9.65. The van der Waals surface area contributed by atoms with Gasteiger partial charge in [0.2, 0.25) is 11.8 Å². The minimum Gasteiger partial charge on any atom is -0.466 e. The smallest absolute Gasteiger partial charge is 0.312 e. The van der Waals surface area contributed by atoms with Gasteiger partial charge in [0.25, 0.3) is 0 Å². The van der Waals surface area contributed by atoms with Crippen molar-refractivity contribution in [1.82, 2.24) is 10.2 Å². The van der Waals surface area contributed by atoms with Crippen LogP contribution in [0.5, 0.6) is 0 Å². The number of aliphatic hydroxyl groups excluding tert-OH is 1. The maximum Gasteiger partial charge on any atom is 0.312 e. The zero-order valence-electron chi connectivity index (χ0n) is 18.1. The molecule has 1 spiro atoms. The molecular formula is C21H34N2O6. The predicted molar refractivity (Wildman–Crippen MR) is 105 cm³/mol. The third kappa shape index (κ3) is 3.34. The number of ether oxygens (including phenoxy) is 2. The minimum absolute atomic E-state index is 0.0872. The van der Waals surface area contributed by atoms with Crippen LogP contribution in [0.3, 0.4) is 0 Å². The fourth-order valence-corrected chi connectivity index (χ4v) is 5.53. The fraction of sp³-hybridized carbons (Fsp3) is 0.857. The average molecular weight is 411 g/mol. The van der Waals surface area contributed by atoms with E-state index in [1.807, 2.05) is 27.7 Å². The summed E-state index contributed by atoms with van der Waals surface area (Å²) in [7, 11) is 0. The Morgan fingerprint density at radius 3 is 2.55 bits per heavy atom. The van der Waals surface area contributed by atoms with Crippen molar-refractivity contribution in [3.05, 3.63) is 0 Å². The molecule has 0 radical (unpaired) electrons. The van der Waals surface area contributed by atoms with Gasteiger partial charge in [-0.15, -0.1) is 0 Å². The van der Waals surface area contributed by atoms with E-state index in [-0.39, 0.29) is 31.6 Å². The monoisotopic (exact) mass is 410 g/mol. The molecule has 0 aliphatic carbocycles.